The molecule has 1 aliphatic rings. The molecule has 3 N–H and O–H groups in total. The molecule has 0 aromatic carbocycles. The molecule has 2 aromatic rings. The molecule has 0 saturated carbocycles. The number of β-amino-alcohol motifs (C(OH)–C–C–N with tert-alkyl or cyclic N) is 1. The summed E-state index contributed by atoms with van der Waals surface area (Å²) in [6.07, 6.45) is 5.49. The van der Waals surface area contributed by atoms with Gasteiger partial charge in [-0.3, -0.25) is 0 Å². The minimum absolute atomic E-state index is 0.252. The first-order chi connectivity index (χ1) is 9.86. The zero-order valence-electron chi connectivity index (χ0n) is 11.4. The maximum absolute atomic E-state index is 8.94. The summed E-state index contributed by atoms with van der Waals surface area (Å²) in [7, 11) is 0. The van der Waals surface area contributed by atoms with Gasteiger partial charge in [0, 0.05) is 13.1 Å². The number of piperidine rings is 1. The van der Waals surface area contributed by atoms with Crippen molar-refractivity contribution < 1.29 is 5.11 Å². The predicted octanol–water partition coefficient (Wildman–Crippen LogP) is 0.469. The molecule has 7 nitrogen and oxygen atoms in total. The van der Waals surface area contributed by atoms with Gasteiger partial charge in [0.15, 0.2) is 11.5 Å². The molecule has 2 aromatic heterocycles. The molecule has 0 unspecified atom stereocenters. The number of hydrogen-bond donors (Lipinski definition) is 3. The minimum atomic E-state index is 0.252. The molecule has 0 atom stereocenters. The Labute approximate surface area is 117 Å². The highest BCUT2D eigenvalue weighted by Gasteiger charge is 2.19. The number of aliphatic hydroxyl groups is 1. The minimum Gasteiger partial charge on any atom is -0.395 e. The Morgan fingerprint density at radius 2 is 2.15 bits per heavy atom. The van der Waals surface area contributed by atoms with Crippen LogP contribution in [0.2, 0.25) is 0 Å². The highest BCUT2D eigenvalue weighted by molar-refractivity contribution is 5.81. The topological polar surface area (TPSA) is 90.0 Å². The number of aromatic nitrogens is 4. The highest BCUT2D eigenvalue weighted by Crippen LogP contribution is 2.19. The quantitative estimate of drug-likeness (QED) is 0.735. The number of imidazole rings is 1. The molecule has 1 aliphatic heterocycles. The Morgan fingerprint density at radius 3 is 2.95 bits per heavy atom. The number of H-pyrrole nitrogens is 1. The lowest BCUT2D eigenvalue weighted by molar-refractivity contribution is 0.151. The van der Waals surface area contributed by atoms with Gasteiger partial charge in [-0.15, -0.1) is 0 Å². The zero-order valence-corrected chi connectivity index (χ0v) is 11.4. The summed E-state index contributed by atoms with van der Waals surface area (Å²) in [4.78, 5) is 17.9. The van der Waals surface area contributed by atoms with Gasteiger partial charge in [-0.1, -0.05) is 0 Å². The molecule has 1 fully saturated rings. The fourth-order valence-electron chi connectivity index (χ4n) is 2.70. The molecular weight excluding hydrogens is 256 g/mol. The van der Waals surface area contributed by atoms with Gasteiger partial charge >= 0.3 is 0 Å². The Morgan fingerprint density at radius 1 is 1.30 bits per heavy atom. The third-order valence-corrected chi connectivity index (χ3v) is 3.90. The Hall–Kier alpha value is -1.73. The Balaban J connectivity index is 1.54. The second-order valence-electron chi connectivity index (χ2n) is 5.21. The van der Waals surface area contributed by atoms with Gasteiger partial charge in [-0.25, -0.2) is 15.0 Å². The van der Waals surface area contributed by atoms with Crippen LogP contribution in [0.1, 0.15) is 12.8 Å². The van der Waals surface area contributed by atoms with Crippen LogP contribution in [0.3, 0.4) is 0 Å². The average Bonchev–Trinajstić information content (AvgIpc) is 2.96. The van der Waals surface area contributed by atoms with Crippen LogP contribution >= 0.6 is 0 Å². The maximum atomic E-state index is 8.94. The third-order valence-electron chi connectivity index (χ3n) is 3.90. The lowest BCUT2D eigenvalue weighted by Crippen LogP contribution is -2.37. The monoisotopic (exact) mass is 276 g/mol. The molecule has 3 rings (SSSR count). The van der Waals surface area contributed by atoms with Crippen molar-refractivity contribution in [1.29, 1.82) is 0 Å². The first-order valence-electron chi connectivity index (χ1n) is 7.08. The van der Waals surface area contributed by atoms with E-state index in [0.29, 0.717) is 11.6 Å². The lowest BCUT2D eigenvalue weighted by Gasteiger charge is -2.31. The number of likely N-dealkylation sites (tertiary alicyclic amines) is 1. The SMILES string of the molecule is OCCN1CCC(CNc2ncnc3nc[nH]c23)CC1. The summed E-state index contributed by atoms with van der Waals surface area (Å²) in [5.41, 5.74) is 1.56. The summed E-state index contributed by atoms with van der Waals surface area (Å²) in [5, 5.41) is 12.3. The number of nitrogens with one attached hydrogen (secondary N) is 2. The van der Waals surface area contributed by atoms with Crippen molar-refractivity contribution in [3.8, 4) is 0 Å². The fraction of sp³-hybridized carbons (Fsp3) is 0.615. The number of rotatable bonds is 5. The van der Waals surface area contributed by atoms with Gasteiger partial charge in [0.05, 0.1) is 12.9 Å². The van der Waals surface area contributed by atoms with Crippen molar-refractivity contribution in [2.75, 3.05) is 38.1 Å². The first kappa shape index (κ1) is 13.3. The molecule has 7 heteroatoms. The van der Waals surface area contributed by atoms with Crippen molar-refractivity contribution in [3.63, 3.8) is 0 Å². The van der Waals surface area contributed by atoms with Crippen molar-refractivity contribution >= 4 is 17.0 Å². The molecular formula is C13H20N6O. The van der Waals surface area contributed by atoms with Crippen LogP contribution in [0.25, 0.3) is 11.2 Å². The van der Waals surface area contributed by atoms with Crippen LogP contribution in [0.5, 0.6) is 0 Å². The molecule has 0 amide bonds. The predicted molar refractivity (Wildman–Crippen MR) is 76.4 cm³/mol. The number of nitrogens with zero attached hydrogens (tertiary/aromatic N) is 4. The van der Waals surface area contributed by atoms with Crippen LogP contribution < -0.4 is 5.32 Å². The molecule has 1 saturated heterocycles. The van der Waals surface area contributed by atoms with Crippen molar-refractivity contribution in [1.82, 2.24) is 24.8 Å². The number of anilines is 1. The number of fused-ring (bicyclic) bond motifs is 1. The third kappa shape index (κ3) is 2.88. The van der Waals surface area contributed by atoms with E-state index in [2.05, 4.69) is 30.2 Å². The van der Waals surface area contributed by atoms with Crippen molar-refractivity contribution in [3.05, 3.63) is 12.7 Å². The van der Waals surface area contributed by atoms with E-state index in [1.165, 1.54) is 6.33 Å². The van der Waals surface area contributed by atoms with E-state index in [4.69, 9.17) is 5.11 Å². The molecule has 0 bridgehead atoms. The lowest BCUT2D eigenvalue weighted by atomic mass is 9.97. The van der Waals surface area contributed by atoms with Crippen molar-refractivity contribution in [2.24, 2.45) is 5.92 Å². The highest BCUT2D eigenvalue weighted by atomic mass is 16.3. The molecule has 0 radical (unpaired) electrons. The van der Waals surface area contributed by atoms with Crippen LogP contribution in [0.4, 0.5) is 5.82 Å². The number of hydrogen-bond acceptors (Lipinski definition) is 6. The summed E-state index contributed by atoms with van der Waals surface area (Å²) in [6, 6.07) is 0. The van der Waals surface area contributed by atoms with E-state index in [1.54, 1.807) is 6.33 Å². The summed E-state index contributed by atoms with van der Waals surface area (Å²) < 4.78 is 0. The van der Waals surface area contributed by atoms with E-state index < -0.39 is 0 Å². The summed E-state index contributed by atoms with van der Waals surface area (Å²) in [5.74, 6) is 1.48. The van der Waals surface area contributed by atoms with Crippen molar-refractivity contribution in [2.45, 2.75) is 12.8 Å². The summed E-state index contributed by atoms with van der Waals surface area (Å²) in [6.45, 7) is 4.09. The fourth-order valence-corrected chi connectivity index (χ4v) is 2.70. The van der Waals surface area contributed by atoms with Gasteiger partial charge in [0.1, 0.15) is 11.8 Å². The largest absolute Gasteiger partial charge is 0.395 e. The van der Waals surface area contributed by atoms with E-state index in [0.717, 1.165) is 50.4 Å². The van der Waals surface area contributed by atoms with Gasteiger partial charge in [0.2, 0.25) is 0 Å². The van der Waals surface area contributed by atoms with E-state index in [-0.39, 0.29) is 6.61 Å². The molecule has 108 valence electrons. The molecule has 0 aliphatic carbocycles. The van der Waals surface area contributed by atoms with Gasteiger partial charge in [-0.05, 0) is 31.8 Å². The summed E-state index contributed by atoms with van der Waals surface area (Å²) >= 11 is 0. The molecule has 20 heavy (non-hydrogen) atoms. The van der Waals surface area contributed by atoms with Gasteiger partial charge in [-0.2, -0.15) is 0 Å². The van der Waals surface area contributed by atoms with Gasteiger partial charge < -0.3 is 20.3 Å². The van der Waals surface area contributed by atoms with Crippen LogP contribution in [0, 0.1) is 5.92 Å². The van der Waals surface area contributed by atoms with Crippen LogP contribution in [-0.4, -0.2) is 62.7 Å². The smallest absolute Gasteiger partial charge is 0.182 e. The Bertz CT molecular complexity index is 549. The Kier molecular flexibility index (Phi) is 4.08. The zero-order chi connectivity index (χ0) is 13.8. The first-order valence-corrected chi connectivity index (χ1v) is 7.08. The second kappa shape index (κ2) is 6.15. The number of aliphatic hydroxyl groups excluding tert-OH is 1. The molecule has 0 spiro atoms. The average molecular weight is 276 g/mol. The standard InChI is InChI=1S/C13H20N6O/c20-6-5-19-3-1-10(2-4-19)7-14-12-11-13(16-8-15-11)18-9-17-12/h8-10,20H,1-7H2,(H2,14,15,16,17,18). The van der Waals surface area contributed by atoms with Gasteiger partial charge in [0.25, 0.3) is 0 Å². The molecule has 3 heterocycles. The van der Waals surface area contributed by atoms with E-state index in [1.807, 2.05) is 0 Å². The maximum Gasteiger partial charge on any atom is 0.182 e. The van der Waals surface area contributed by atoms with E-state index in [9.17, 15) is 0 Å². The normalized spacial score (nSPS) is 17.6. The second-order valence-corrected chi connectivity index (χ2v) is 5.21. The van der Waals surface area contributed by atoms with Crippen LogP contribution in [-0.2, 0) is 0 Å². The van der Waals surface area contributed by atoms with Crippen LogP contribution in [0.15, 0.2) is 12.7 Å². The van der Waals surface area contributed by atoms with E-state index >= 15 is 0 Å². The number of aromatic amines is 1.